The van der Waals surface area contributed by atoms with Crippen molar-refractivity contribution in [1.29, 1.82) is 0 Å². The Labute approximate surface area is 90.0 Å². The molecule has 0 aromatic carbocycles. The van der Waals surface area contributed by atoms with Gasteiger partial charge >= 0.3 is 5.97 Å². The van der Waals surface area contributed by atoms with Crippen LogP contribution < -0.4 is 5.32 Å². The molecular weight excluding hydrogens is 192 g/mol. The van der Waals surface area contributed by atoms with Gasteiger partial charge in [-0.25, -0.2) is 0 Å². The fourth-order valence-electron chi connectivity index (χ4n) is 1.33. The fourth-order valence-corrected chi connectivity index (χ4v) is 1.33. The Hall–Kier alpha value is -1.29. The quantitative estimate of drug-likeness (QED) is 0.523. The van der Waals surface area contributed by atoms with Gasteiger partial charge in [-0.05, 0) is 37.6 Å². The predicted octanol–water partition coefficient (Wildman–Crippen LogP) is 1.10. The van der Waals surface area contributed by atoms with E-state index in [-0.39, 0.29) is 5.97 Å². The van der Waals surface area contributed by atoms with E-state index in [2.05, 4.69) is 21.1 Å². The van der Waals surface area contributed by atoms with Crippen LogP contribution in [0.25, 0.3) is 0 Å². The lowest BCUT2D eigenvalue weighted by Crippen LogP contribution is -2.19. The molecule has 0 saturated carbocycles. The van der Waals surface area contributed by atoms with Crippen LogP contribution in [0.3, 0.4) is 0 Å². The highest BCUT2D eigenvalue weighted by atomic mass is 16.5. The van der Waals surface area contributed by atoms with Gasteiger partial charge in [-0.1, -0.05) is 0 Å². The Kier molecular flexibility index (Phi) is 5.55. The van der Waals surface area contributed by atoms with E-state index in [9.17, 15) is 4.79 Å². The topological polar surface area (TPSA) is 54.1 Å². The molecule has 0 spiro atoms. The minimum atomic E-state index is -0.137. The van der Waals surface area contributed by atoms with Crippen LogP contribution in [-0.2, 0) is 16.0 Å². The van der Waals surface area contributed by atoms with Crippen molar-refractivity contribution in [1.82, 2.24) is 10.3 Å². The molecule has 1 rings (SSSR count). The van der Waals surface area contributed by atoms with Crippen molar-refractivity contribution < 1.29 is 9.53 Å². The van der Waals surface area contributed by atoms with Crippen molar-refractivity contribution in [2.45, 2.75) is 19.3 Å². The van der Waals surface area contributed by atoms with Gasteiger partial charge in [0.2, 0.25) is 0 Å². The third-order valence-electron chi connectivity index (χ3n) is 2.21. The highest BCUT2D eigenvalue weighted by Gasteiger charge is 1.98. The number of methoxy groups -OCH3 is 1. The van der Waals surface area contributed by atoms with Gasteiger partial charge in [0.15, 0.2) is 0 Å². The highest BCUT2D eigenvalue weighted by molar-refractivity contribution is 5.69. The van der Waals surface area contributed by atoms with Gasteiger partial charge in [0.05, 0.1) is 7.11 Å². The number of carbonyl (C=O) groups excluding carboxylic acids is 1. The molecule has 2 N–H and O–H groups in total. The molecule has 15 heavy (non-hydrogen) atoms. The number of aromatic amines is 1. The maximum absolute atomic E-state index is 10.8. The van der Waals surface area contributed by atoms with Crippen molar-refractivity contribution >= 4 is 5.97 Å². The molecular formula is C11H18N2O2. The van der Waals surface area contributed by atoms with Gasteiger partial charge in [0.1, 0.15) is 0 Å². The summed E-state index contributed by atoms with van der Waals surface area (Å²) in [4.78, 5) is 13.8. The van der Waals surface area contributed by atoms with Crippen molar-refractivity contribution in [3.8, 4) is 0 Å². The van der Waals surface area contributed by atoms with E-state index in [1.54, 1.807) is 0 Å². The summed E-state index contributed by atoms with van der Waals surface area (Å²) in [6, 6.07) is 2.07. The summed E-state index contributed by atoms with van der Waals surface area (Å²) in [5.41, 5.74) is 1.30. The van der Waals surface area contributed by atoms with E-state index in [0.29, 0.717) is 6.42 Å². The van der Waals surface area contributed by atoms with E-state index < -0.39 is 0 Å². The minimum absolute atomic E-state index is 0.137. The molecule has 0 fully saturated rings. The SMILES string of the molecule is COC(=O)CCCNCCc1cc[nH]c1. The van der Waals surface area contributed by atoms with E-state index in [4.69, 9.17) is 0 Å². The van der Waals surface area contributed by atoms with E-state index in [1.807, 2.05) is 12.4 Å². The van der Waals surface area contributed by atoms with Crippen LogP contribution in [0.1, 0.15) is 18.4 Å². The Morgan fingerprint density at radius 3 is 3.07 bits per heavy atom. The number of carbonyl (C=O) groups is 1. The van der Waals surface area contributed by atoms with Gasteiger partial charge in [0, 0.05) is 18.8 Å². The smallest absolute Gasteiger partial charge is 0.305 e. The van der Waals surface area contributed by atoms with Crippen LogP contribution in [0.2, 0.25) is 0 Å². The zero-order valence-electron chi connectivity index (χ0n) is 9.08. The number of aromatic nitrogens is 1. The maximum atomic E-state index is 10.8. The molecule has 0 amide bonds. The highest BCUT2D eigenvalue weighted by Crippen LogP contribution is 1.96. The second kappa shape index (κ2) is 7.06. The number of hydrogen-bond acceptors (Lipinski definition) is 3. The lowest BCUT2D eigenvalue weighted by Gasteiger charge is -2.02. The molecule has 0 unspecified atom stereocenters. The van der Waals surface area contributed by atoms with Crippen molar-refractivity contribution in [3.05, 3.63) is 24.0 Å². The van der Waals surface area contributed by atoms with Gasteiger partial charge in [-0.2, -0.15) is 0 Å². The Bertz CT molecular complexity index is 270. The maximum Gasteiger partial charge on any atom is 0.305 e. The number of nitrogens with one attached hydrogen (secondary N) is 2. The molecule has 1 aromatic rings. The summed E-state index contributed by atoms with van der Waals surface area (Å²) in [6.45, 7) is 1.80. The van der Waals surface area contributed by atoms with Gasteiger partial charge in [-0.3, -0.25) is 4.79 Å². The molecule has 1 aromatic heterocycles. The molecule has 0 radical (unpaired) electrons. The molecule has 1 heterocycles. The fraction of sp³-hybridized carbons (Fsp3) is 0.545. The average Bonchev–Trinajstić information content (AvgIpc) is 2.75. The van der Waals surface area contributed by atoms with Crippen LogP contribution in [0.15, 0.2) is 18.5 Å². The van der Waals surface area contributed by atoms with E-state index in [1.165, 1.54) is 12.7 Å². The van der Waals surface area contributed by atoms with Crippen LogP contribution in [-0.4, -0.2) is 31.2 Å². The summed E-state index contributed by atoms with van der Waals surface area (Å²) in [5, 5.41) is 3.28. The monoisotopic (exact) mass is 210 g/mol. The van der Waals surface area contributed by atoms with Crippen LogP contribution in [0, 0.1) is 0 Å². The number of H-pyrrole nitrogens is 1. The van der Waals surface area contributed by atoms with Crippen molar-refractivity contribution in [3.63, 3.8) is 0 Å². The summed E-state index contributed by atoms with van der Waals surface area (Å²) in [5.74, 6) is -0.137. The lowest BCUT2D eigenvalue weighted by atomic mass is 10.2. The van der Waals surface area contributed by atoms with Gasteiger partial charge < -0.3 is 15.0 Å². The first kappa shape index (κ1) is 11.8. The predicted molar refractivity (Wildman–Crippen MR) is 58.6 cm³/mol. The van der Waals surface area contributed by atoms with E-state index in [0.717, 1.165) is 25.9 Å². The number of ether oxygens (including phenoxy) is 1. The molecule has 0 saturated heterocycles. The molecule has 84 valence electrons. The Morgan fingerprint density at radius 2 is 2.40 bits per heavy atom. The van der Waals surface area contributed by atoms with Crippen LogP contribution in [0.4, 0.5) is 0 Å². The Morgan fingerprint density at radius 1 is 1.53 bits per heavy atom. The standard InChI is InChI=1S/C11H18N2O2/c1-15-11(14)3-2-6-12-7-4-10-5-8-13-9-10/h5,8-9,12-13H,2-4,6-7H2,1H3. The molecule has 0 aliphatic carbocycles. The van der Waals surface area contributed by atoms with Crippen LogP contribution in [0.5, 0.6) is 0 Å². The number of hydrogen-bond donors (Lipinski definition) is 2. The summed E-state index contributed by atoms with van der Waals surface area (Å²) in [6.07, 6.45) is 6.26. The third-order valence-corrected chi connectivity index (χ3v) is 2.21. The summed E-state index contributed by atoms with van der Waals surface area (Å²) in [7, 11) is 1.42. The number of esters is 1. The summed E-state index contributed by atoms with van der Waals surface area (Å²) >= 11 is 0. The first-order valence-electron chi connectivity index (χ1n) is 5.22. The summed E-state index contributed by atoms with van der Waals surface area (Å²) < 4.78 is 4.54. The van der Waals surface area contributed by atoms with Crippen molar-refractivity contribution in [2.75, 3.05) is 20.2 Å². The minimum Gasteiger partial charge on any atom is -0.469 e. The second-order valence-corrected chi connectivity index (χ2v) is 3.40. The van der Waals surface area contributed by atoms with Gasteiger partial charge in [0.25, 0.3) is 0 Å². The second-order valence-electron chi connectivity index (χ2n) is 3.40. The molecule has 0 atom stereocenters. The Balaban J connectivity index is 1.91. The lowest BCUT2D eigenvalue weighted by molar-refractivity contribution is -0.140. The third kappa shape index (κ3) is 5.22. The first-order valence-corrected chi connectivity index (χ1v) is 5.22. The van der Waals surface area contributed by atoms with Gasteiger partial charge in [-0.15, -0.1) is 0 Å². The molecule has 4 heteroatoms. The molecule has 4 nitrogen and oxygen atoms in total. The normalized spacial score (nSPS) is 10.2. The van der Waals surface area contributed by atoms with Crippen LogP contribution >= 0.6 is 0 Å². The largest absolute Gasteiger partial charge is 0.469 e. The number of rotatable bonds is 7. The van der Waals surface area contributed by atoms with Crippen molar-refractivity contribution in [2.24, 2.45) is 0 Å². The average molecular weight is 210 g/mol. The molecule has 0 aliphatic rings. The molecule has 0 bridgehead atoms. The first-order chi connectivity index (χ1) is 7.33. The molecule has 0 aliphatic heterocycles. The zero-order valence-corrected chi connectivity index (χ0v) is 9.08. The zero-order chi connectivity index (χ0) is 10.9. The van der Waals surface area contributed by atoms with E-state index >= 15 is 0 Å².